The second-order valence-corrected chi connectivity index (χ2v) is 3.87. The minimum Gasteiger partial charge on any atom is -0.481 e. The zero-order valence-corrected chi connectivity index (χ0v) is 11.5. The molecule has 1 heterocycles. The molecule has 0 bridgehead atoms. The lowest BCUT2D eigenvalue weighted by molar-refractivity contribution is -0.276. The summed E-state index contributed by atoms with van der Waals surface area (Å²) in [6.07, 6.45) is -8.83. The van der Waals surface area contributed by atoms with Gasteiger partial charge < -0.3 is 14.2 Å². The first-order chi connectivity index (χ1) is 10.2. The highest BCUT2D eigenvalue weighted by molar-refractivity contribution is 5.73. The van der Waals surface area contributed by atoms with Gasteiger partial charge in [0, 0.05) is 6.07 Å². The normalized spacial score (nSPS) is 11.5. The third kappa shape index (κ3) is 5.01. The van der Waals surface area contributed by atoms with Gasteiger partial charge in [0.2, 0.25) is 11.8 Å². The van der Waals surface area contributed by atoms with Crippen molar-refractivity contribution >= 4 is 5.97 Å². The number of esters is 1. The van der Waals surface area contributed by atoms with Crippen molar-refractivity contribution in [1.82, 2.24) is 4.98 Å². The Bertz CT molecular complexity index is 533. The predicted octanol–water partition coefficient (Wildman–Crippen LogP) is 3.03. The molecule has 1 rings (SSSR count). The van der Waals surface area contributed by atoms with E-state index in [0.29, 0.717) is 6.07 Å². The highest BCUT2D eigenvalue weighted by atomic mass is 19.4. The summed E-state index contributed by atoms with van der Waals surface area (Å²) in [5.41, 5.74) is -1.20. The van der Waals surface area contributed by atoms with Gasteiger partial charge in [-0.15, -0.1) is 13.2 Å². The minimum atomic E-state index is -5.06. The van der Waals surface area contributed by atoms with Crippen LogP contribution in [0.25, 0.3) is 0 Å². The van der Waals surface area contributed by atoms with Crippen molar-refractivity contribution in [3.05, 3.63) is 17.2 Å². The molecule has 0 N–H and O–H groups in total. The van der Waals surface area contributed by atoms with Crippen molar-refractivity contribution in [2.75, 3.05) is 13.7 Å². The van der Waals surface area contributed by atoms with E-state index in [1.54, 1.807) is 0 Å². The van der Waals surface area contributed by atoms with Crippen LogP contribution in [-0.2, 0) is 16.0 Å². The van der Waals surface area contributed by atoms with Crippen LogP contribution < -0.4 is 9.47 Å². The summed E-state index contributed by atoms with van der Waals surface area (Å²) < 4.78 is 75.4. The number of methoxy groups -OCH3 is 1. The van der Waals surface area contributed by atoms with Gasteiger partial charge in [0.15, 0.2) is 0 Å². The van der Waals surface area contributed by atoms with Crippen molar-refractivity contribution in [3.8, 4) is 11.8 Å². The molecule has 0 fully saturated rings. The molecular weight excluding hydrogens is 317 g/mol. The van der Waals surface area contributed by atoms with Crippen LogP contribution in [-0.4, -0.2) is 31.0 Å². The van der Waals surface area contributed by atoms with Crippen LogP contribution in [0.1, 0.15) is 24.5 Å². The predicted molar refractivity (Wildman–Crippen MR) is 62.8 cm³/mol. The molecule has 0 aromatic carbocycles. The first-order valence-corrected chi connectivity index (χ1v) is 5.95. The van der Waals surface area contributed by atoms with Crippen LogP contribution in [0.4, 0.5) is 22.0 Å². The fraction of sp³-hybridized carbons (Fsp3) is 0.500. The summed E-state index contributed by atoms with van der Waals surface area (Å²) in [5.74, 6) is -2.64. The van der Waals surface area contributed by atoms with Gasteiger partial charge in [-0.05, 0) is 12.5 Å². The van der Waals surface area contributed by atoms with Gasteiger partial charge in [-0.3, -0.25) is 4.79 Å². The number of ether oxygens (including phenoxy) is 3. The smallest absolute Gasteiger partial charge is 0.481 e. The molecule has 22 heavy (non-hydrogen) atoms. The number of rotatable bonds is 6. The summed E-state index contributed by atoms with van der Waals surface area (Å²) in [7, 11) is 0.958. The van der Waals surface area contributed by atoms with E-state index in [2.05, 4.69) is 19.2 Å². The molecule has 0 aliphatic carbocycles. The van der Waals surface area contributed by atoms with E-state index >= 15 is 0 Å². The van der Waals surface area contributed by atoms with Crippen LogP contribution >= 0.6 is 0 Å². The van der Waals surface area contributed by atoms with Crippen molar-refractivity contribution < 1.29 is 41.0 Å². The second-order valence-electron chi connectivity index (χ2n) is 3.87. The number of pyridine rings is 1. The van der Waals surface area contributed by atoms with E-state index in [9.17, 15) is 26.7 Å². The Hall–Kier alpha value is -2.13. The molecule has 10 heteroatoms. The van der Waals surface area contributed by atoms with Crippen LogP contribution in [0, 0.1) is 0 Å². The Morgan fingerprint density at radius 3 is 2.45 bits per heavy atom. The number of hydrogen-bond donors (Lipinski definition) is 0. The number of nitrogens with zero attached hydrogens (tertiary/aromatic N) is 1. The number of alkyl halides is 5. The zero-order valence-electron chi connectivity index (χ0n) is 11.5. The Morgan fingerprint density at radius 1 is 1.36 bits per heavy atom. The molecule has 0 spiro atoms. The van der Waals surface area contributed by atoms with Crippen molar-refractivity contribution in [2.45, 2.75) is 26.1 Å². The number of carbonyl (C=O) groups excluding carboxylic acids is 1. The van der Waals surface area contributed by atoms with E-state index in [1.165, 1.54) is 6.92 Å². The average molecular weight is 329 g/mol. The van der Waals surface area contributed by atoms with E-state index in [0.717, 1.165) is 7.11 Å². The lowest BCUT2D eigenvalue weighted by Gasteiger charge is -2.15. The molecule has 0 radical (unpaired) electrons. The van der Waals surface area contributed by atoms with E-state index in [1.807, 2.05) is 0 Å². The van der Waals surface area contributed by atoms with Gasteiger partial charge >= 0.3 is 12.3 Å². The van der Waals surface area contributed by atoms with Gasteiger partial charge in [-0.1, -0.05) is 0 Å². The molecule has 124 valence electrons. The highest BCUT2D eigenvalue weighted by Crippen LogP contribution is 2.35. The molecule has 0 saturated carbocycles. The van der Waals surface area contributed by atoms with Crippen molar-refractivity contribution in [2.24, 2.45) is 0 Å². The molecule has 0 amide bonds. The maximum Gasteiger partial charge on any atom is 0.574 e. The highest BCUT2D eigenvalue weighted by Gasteiger charge is 2.33. The Labute approximate surface area is 122 Å². The van der Waals surface area contributed by atoms with Gasteiger partial charge in [0.25, 0.3) is 6.43 Å². The topological polar surface area (TPSA) is 57.7 Å². The SMILES string of the molecule is CCOC(=O)Cc1cc(OC(F)(F)F)nc(OC)c1C(F)F. The number of halogens is 5. The van der Waals surface area contributed by atoms with Crippen LogP contribution in [0.2, 0.25) is 0 Å². The Kier molecular flexibility index (Phi) is 5.89. The van der Waals surface area contributed by atoms with E-state index in [4.69, 9.17) is 0 Å². The molecule has 0 unspecified atom stereocenters. The Morgan fingerprint density at radius 2 is 2.00 bits per heavy atom. The fourth-order valence-corrected chi connectivity index (χ4v) is 1.63. The summed E-state index contributed by atoms with van der Waals surface area (Å²) in [6.45, 7) is 1.49. The molecule has 0 saturated heterocycles. The molecule has 5 nitrogen and oxygen atoms in total. The summed E-state index contributed by atoms with van der Waals surface area (Å²) in [6, 6.07) is 0.606. The van der Waals surface area contributed by atoms with Gasteiger partial charge in [-0.2, -0.15) is 4.98 Å². The van der Waals surface area contributed by atoms with Gasteiger partial charge in [0.1, 0.15) is 0 Å². The van der Waals surface area contributed by atoms with Crippen LogP contribution in [0.5, 0.6) is 11.8 Å². The summed E-state index contributed by atoms with van der Waals surface area (Å²) in [5, 5.41) is 0. The fourth-order valence-electron chi connectivity index (χ4n) is 1.63. The lowest BCUT2D eigenvalue weighted by atomic mass is 10.1. The van der Waals surface area contributed by atoms with E-state index in [-0.39, 0.29) is 6.61 Å². The number of aromatic nitrogens is 1. The molecule has 1 aromatic rings. The third-order valence-corrected chi connectivity index (χ3v) is 2.36. The minimum absolute atomic E-state index is 0.00300. The maximum atomic E-state index is 13.0. The standard InChI is InChI=1S/C12H12F5NO4/c1-3-21-8(19)5-6-4-7(22-12(15,16)17)18-11(20-2)9(6)10(13)14/h4,10H,3,5H2,1-2H3. The number of hydrogen-bond acceptors (Lipinski definition) is 5. The lowest BCUT2D eigenvalue weighted by Crippen LogP contribution is -2.19. The monoisotopic (exact) mass is 329 g/mol. The summed E-state index contributed by atoms with van der Waals surface area (Å²) >= 11 is 0. The average Bonchev–Trinajstić information content (AvgIpc) is 2.35. The van der Waals surface area contributed by atoms with Gasteiger partial charge in [-0.25, -0.2) is 8.78 Å². The molecular formula is C12H12F5NO4. The van der Waals surface area contributed by atoms with Gasteiger partial charge in [0.05, 0.1) is 25.7 Å². The molecule has 0 aliphatic rings. The second kappa shape index (κ2) is 7.23. The maximum absolute atomic E-state index is 13.0. The third-order valence-electron chi connectivity index (χ3n) is 2.36. The number of carbonyl (C=O) groups is 1. The molecule has 0 atom stereocenters. The van der Waals surface area contributed by atoms with Crippen molar-refractivity contribution in [3.63, 3.8) is 0 Å². The molecule has 0 aliphatic heterocycles. The van der Waals surface area contributed by atoms with Crippen LogP contribution in [0.15, 0.2) is 6.07 Å². The largest absolute Gasteiger partial charge is 0.574 e. The van der Waals surface area contributed by atoms with Crippen LogP contribution in [0.3, 0.4) is 0 Å². The van der Waals surface area contributed by atoms with Crippen molar-refractivity contribution in [1.29, 1.82) is 0 Å². The first kappa shape index (κ1) is 17.9. The first-order valence-electron chi connectivity index (χ1n) is 5.95. The summed E-state index contributed by atoms with van der Waals surface area (Å²) in [4.78, 5) is 14.6. The molecule has 1 aromatic heterocycles. The Balaban J connectivity index is 3.28. The zero-order chi connectivity index (χ0) is 16.9. The quantitative estimate of drug-likeness (QED) is 0.593. The van der Waals surface area contributed by atoms with E-state index < -0.39 is 48.1 Å².